The van der Waals surface area contributed by atoms with Crippen molar-refractivity contribution in [2.75, 3.05) is 30.7 Å². The van der Waals surface area contributed by atoms with Crippen LogP contribution in [-0.4, -0.2) is 45.5 Å². The highest BCUT2D eigenvalue weighted by Gasteiger charge is 2.15. The van der Waals surface area contributed by atoms with Crippen LogP contribution in [0.2, 0.25) is 5.28 Å². The number of nitrogens with zero attached hydrogens (tertiary/aromatic N) is 4. The van der Waals surface area contributed by atoms with Gasteiger partial charge in [-0.1, -0.05) is 0 Å². The highest BCUT2D eigenvalue weighted by molar-refractivity contribution is 6.28. The van der Waals surface area contributed by atoms with E-state index in [1.165, 1.54) is 25.9 Å². The third kappa shape index (κ3) is 3.67. The van der Waals surface area contributed by atoms with Crippen LogP contribution in [0.3, 0.4) is 0 Å². The number of nitrogen functional groups attached to an aromatic ring is 1. The Morgan fingerprint density at radius 3 is 2.71 bits per heavy atom. The zero-order valence-electron chi connectivity index (χ0n) is 9.86. The topological polar surface area (TPSA) is 80.0 Å². The molecule has 1 aromatic heterocycles. The summed E-state index contributed by atoms with van der Waals surface area (Å²) in [7, 11) is 0. The third-order valence-corrected chi connectivity index (χ3v) is 2.90. The average molecular weight is 257 g/mol. The van der Waals surface area contributed by atoms with E-state index in [9.17, 15) is 0 Å². The monoisotopic (exact) mass is 256 g/mol. The minimum absolute atomic E-state index is 0.119. The first-order valence-corrected chi connectivity index (χ1v) is 6.17. The highest BCUT2D eigenvalue weighted by Crippen LogP contribution is 2.11. The molecule has 17 heavy (non-hydrogen) atoms. The second-order valence-electron chi connectivity index (χ2n) is 4.34. The van der Waals surface area contributed by atoms with E-state index >= 15 is 0 Å². The minimum Gasteiger partial charge on any atom is -0.368 e. The Balaban J connectivity index is 1.90. The molecule has 3 N–H and O–H groups in total. The molecule has 7 heteroatoms. The van der Waals surface area contributed by atoms with Crippen molar-refractivity contribution in [3.8, 4) is 0 Å². The van der Waals surface area contributed by atoms with Crippen LogP contribution in [0.15, 0.2) is 0 Å². The number of nitrogens with two attached hydrogens (primary N) is 1. The minimum atomic E-state index is 0.119. The van der Waals surface area contributed by atoms with Crippen molar-refractivity contribution in [3.63, 3.8) is 0 Å². The van der Waals surface area contributed by atoms with Crippen LogP contribution >= 0.6 is 11.6 Å². The van der Waals surface area contributed by atoms with E-state index in [1.807, 2.05) is 0 Å². The molecule has 1 aliphatic heterocycles. The van der Waals surface area contributed by atoms with E-state index in [0.717, 1.165) is 6.54 Å². The van der Waals surface area contributed by atoms with Gasteiger partial charge in [0.2, 0.25) is 17.2 Å². The number of hydrogen-bond acceptors (Lipinski definition) is 6. The normalized spacial score (nSPS) is 18.2. The van der Waals surface area contributed by atoms with Crippen LogP contribution < -0.4 is 11.1 Å². The van der Waals surface area contributed by atoms with Crippen LogP contribution in [0.5, 0.6) is 0 Å². The Labute approximate surface area is 106 Å². The van der Waals surface area contributed by atoms with Crippen molar-refractivity contribution in [2.24, 2.45) is 0 Å². The van der Waals surface area contributed by atoms with Crippen molar-refractivity contribution in [1.29, 1.82) is 0 Å². The first-order valence-electron chi connectivity index (χ1n) is 5.79. The van der Waals surface area contributed by atoms with E-state index < -0.39 is 0 Å². The number of anilines is 2. The van der Waals surface area contributed by atoms with Crippen molar-refractivity contribution in [3.05, 3.63) is 5.28 Å². The fourth-order valence-corrected chi connectivity index (χ4v) is 2.22. The van der Waals surface area contributed by atoms with E-state index in [2.05, 4.69) is 32.1 Å². The molecule has 1 aromatic rings. The maximum absolute atomic E-state index is 5.71. The van der Waals surface area contributed by atoms with Crippen molar-refractivity contribution < 1.29 is 0 Å². The summed E-state index contributed by atoms with van der Waals surface area (Å²) < 4.78 is 0. The zero-order valence-corrected chi connectivity index (χ0v) is 10.6. The molecular formula is C10H17ClN6. The van der Waals surface area contributed by atoms with Crippen molar-refractivity contribution in [1.82, 2.24) is 19.9 Å². The summed E-state index contributed by atoms with van der Waals surface area (Å²) in [6.45, 7) is 5.41. The molecule has 0 radical (unpaired) electrons. The Hall–Kier alpha value is -1.14. The molecule has 1 saturated heterocycles. The summed E-state index contributed by atoms with van der Waals surface area (Å²) in [5.74, 6) is 0.579. The largest absolute Gasteiger partial charge is 0.368 e. The average Bonchev–Trinajstić information content (AvgIpc) is 2.67. The molecule has 0 amide bonds. The fraction of sp³-hybridized carbons (Fsp3) is 0.700. The van der Waals surface area contributed by atoms with E-state index in [0.29, 0.717) is 5.95 Å². The summed E-state index contributed by atoms with van der Waals surface area (Å²) in [4.78, 5) is 14.1. The SMILES string of the molecule is CC(CN1CCCC1)Nc1nc(N)nc(Cl)n1. The number of hydrogen-bond donors (Lipinski definition) is 2. The van der Waals surface area contributed by atoms with Gasteiger partial charge in [0.15, 0.2) is 0 Å². The lowest BCUT2D eigenvalue weighted by Crippen LogP contribution is -2.33. The van der Waals surface area contributed by atoms with Crippen molar-refractivity contribution >= 4 is 23.5 Å². The molecule has 0 saturated carbocycles. The Morgan fingerprint density at radius 2 is 2.06 bits per heavy atom. The molecule has 0 spiro atoms. The van der Waals surface area contributed by atoms with Gasteiger partial charge in [0.1, 0.15) is 0 Å². The smallest absolute Gasteiger partial charge is 0.229 e. The Morgan fingerprint density at radius 1 is 1.35 bits per heavy atom. The van der Waals surface area contributed by atoms with Crippen LogP contribution in [0.4, 0.5) is 11.9 Å². The number of likely N-dealkylation sites (tertiary alicyclic amines) is 1. The molecule has 6 nitrogen and oxygen atoms in total. The molecule has 94 valence electrons. The maximum Gasteiger partial charge on any atom is 0.229 e. The van der Waals surface area contributed by atoms with Crippen LogP contribution in [0.25, 0.3) is 0 Å². The Kier molecular flexibility index (Phi) is 3.96. The van der Waals surface area contributed by atoms with Gasteiger partial charge >= 0.3 is 0 Å². The van der Waals surface area contributed by atoms with Gasteiger partial charge in [0.05, 0.1) is 0 Å². The van der Waals surface area contributed by atoms with E-state index in [4.69, 9.17) is 17.3 Å². The van der Waals surface area contributed by atoms with Crippen LogP contribution in [0, 0.1) is 0 Å². The van der Waals surface area contributed by atoms with Crippen molar-refractivity contribution in [2.45, 2.75) is 25.8 Å². The van der Waals surface area contributed by atoms with Gasteiger partial charge in [-0.05, 0) is 44.5 Å². The van der Waals surface area contributed by atoms with E-state index in [1.54, 1.807) is 0 Å². The predicted octanol–water partition coefficient (Wildman–Crippen LogP) is 1.00. The summed E-state index contributed by atoms with van der Waals surface area (Å²) in [5, 5.41) is 3.30. The molecule has 1 atom stereocenters. The molecule has 0 aromatic carbocycles. The summed E-state index contributed by atoms with van der Waals surface area (Å²) in [6, 6.07) is 0.256. The first kappa shape index (κ1) is 12.3. The van der Waals surface area contributed by atoms with Gasteiger partial charge in [0.25, 0.3) is 0 Å². The maximum atomic E-state index is 5.71. The molecule has 1 fully saturated rings. The van der Waals surface area contributed by atoms with E-state index in [-0.39, 0.29) is 17.3 Å². The van der Waals surface area contributed by atoms with Gasteiger partial charge in [-0.25, -0.2) is 0 Å². The second-order valence-corrected chi connectivity index (χ2v) is 4.68. The lowest BCUT2D eigenvalue weighted by molar-refractivity contribution is 0.327. The lowest BCUT2D eigenvalue weighted by Gasteiger charge is -2.21. The number of nitrogens with one attached hydrogen (secondary N) is 1. The quantitative estimate of drug-likeness (QED) is 0.837. The summed E-state index contributed by atoms with van der Waals surface area (Å²) in [6.07, 6.45) is 2.58. The highest BCUT2D eigenvalue weighted by atomic mass is 35.5. The van der Waals surface area contributed by atoms with Gasteiger partial charge in [-0.15, -0.1) is 0 Å². The number of rotatable bonds is 4. The first-order chi connectivity index (χ1) is 8.13. The predicted molar refractivity (Wildman–Crippen MR) is 68.0 cm³/mol. The molecule has 0 bridgehead atoms. The molecule has 1 aliphatic rings. The fourth-order valence-electron chi connectivity index (χ4n) is 2.05. The van der Waals surface area contributed by atoms with Crippen LogP contribution in [-0.2, 0) is 0 Å². The molecule has 0 aliphatic carbocycles. The summed E-state index contributed by atoms with van der Waals surface area (Å²) >= 11 is 5.71. The van der Waals surface area contributed by atoms with Gasteiger partial charge in [-0.3, -0.25) is 0 Å². The second kappa shape index (κ2) is 5.46. The lowest BCUT2D eigenvalue weighted by atomic mass is 10.3. The molecular weight excluding hydrogens is 240 g/mol. The van der Waals surface area contributed by atoms with Gasteiger partial charge in [-0.2, -0.15) is 15.0 Å². The van der Waals surface area contributed by atoms with Gasteiger partial charge < -0.3 is 16.0 Å². The molecule has 1 unspecified atom stereocenters. The standard InChI is InChI=1S/C10H17ClN6/c1-7(6-17-4-2-3-5-17)13-10-15-8(11)14-9(12)16-10/h7H,2-6H2,1H3,(H3,12,13,14,15,16). The number of halogens is 1. The molecule has 2 heterocycles. The van der Waals surface area contributed by atoms with Crippen LogP contribution in [0.1, 0.15) is 19.8 Å². The summed E-state index contributed by atoms with van der Waals surface area (Å²) in [5.41, 5.74) is 5.50. The molecule has 2 rings (SSSR count). The third-order valence-electron chi connectivity index (χ3n) is 2.73. The zero-order chi connectivity index (χ0) is 12.3. The van der Waals surface area contributed by atoms with Gasteiger partial charge in [0, 0.05) is 12.6 Å². The number of aromatic nitrogens is 3. The Bertz CT molecular complexity index is 359.